The van der Waals surface area contributed by atoms with Gasteiger partial charge in [0.2, 0.25) is 5.88 Å². The van der Waals surface area contributed by atoms with E-state index in [4.69, 9.17) is 0 Å². The second-order valence-electron chi connectivity index (χ2n) is 6.65. The standard InChI is InChI=1S/C19H14F3N5O4S/c20-19(21,22)32(30,31)15-4-2-14(3-5-15)27-17(28)12-25(18(27)29)11-13-6-8-23-16(10-13)26-9-1-7-24-26/h1-10,12,28H,11H2. The monoisotopic (exact) mass is 465 g/mol. The highest BCUT2D eigenvalue weighted by molar-refractivity contribution is 7.92. The van der Waals surface area contributed by atoms with Gasteiger partial charge in [0.05, 0.1) is 23.3 Å². The van der Waals surface area contributed by atoms with Crippen LogP contribution in [0.25, 0.3) is 11.5 Å². The minimum absolute atomic E-state index is 0.000618. The van der Waals surface area contributed by atoms with Gasteiger partial charge in [-0.05, 0) is 48.0 Å². The molecule has 0 spiro atoms. The van der Waals surface area contributed by atoms with Gasteiger partial charge in [-0.3, -0.25) is 4.57 Å². The van der Waals surface area contributed by atoms with E-state index in [1.54, 1.807) is 30.6 Å². The SMILES string of the molecule is O=c1n(Cc2ccnc(-n3cccn3)c2)cc(O)n1-c1ccc(S(=O)(=O)C(F)(F)F)cc1. The van der Waals surface area contributed by atoms with Gasteiger partial charge in [0, 0.05) is 18.6 Å². The van der Waals surface area contributed by atoms with Crippen LogP contribution in [0.3, 0.4) is 0 Å². The van der Waals surface area contributed by atoms with Crippen LogP contribution in [-0.4, -0.2) is 42.9 Å². The summed E-state index contributed by atoms with van der Waals surface area (Å²) in [6.07, 6.45) is 5.98. The van der Waals surface area contributed by atoms with Crippen molar-refractivity contribution in [1.29, 1.82) is 0 Å². The fourth-order valence-electron chi connectivity index (χ4n) is 3.03. The molecule has 0 saturated carbocycles. The summed E-state index contributed by atoms with van der Waals surface area (Å²) in [5, 5.41) is 14.3. The Bertz CT molecular complexity index is 1420. The van der Waals surface area contributed by atoms with E-state index in [9.17, 15) is 31.5 Å². The van der Waals surface area contributed by atoms with Gasteiger partial charge in [-0.25, -0.2) is 27.4 Å². The van der Waals surface area contributed by atoms with E-state index >= 15 is 0 Å². The lowest BCUT2D eigenvalue weighted by Crippen LogP contribution is -2.24. The molecule has 0 atom stereocenters. The Morgan fingerprint density at radius 2 is 1.78 bits per heavy atom. The van der Waals surface area contributed by atoms with E-state index in [1.165, 1.54) is 15.4 Å². The first-order valence-corrected chi connectivity index (χ1v) is 10.4. The van der Waals surface area contributed by atoms with Crippen molar-refractivity contribution in [2.24, 2.45) is 0 Å². The zero-order valence-corrected chi connectivity index (χ0v) is 16.8. The third-order valence-corrected chi connectivity index (χ3v) is 6.05. The molecule has 3 aromatic heterocycles. The van der Waals surface area contributed by atoms with Gasteiger partial charge in [-0.1, -0.05) is 0 Å². The van der Waals surface area contributed by atoms with E-state index in [0.29, 0.717) is 11.4 Å². The predicted octanol–water partition coefficient (Wildman–Crippen LogP) is 2.27. The quantitative estimate of drug-likeness (QED) is 0.484. The van der Waals surface area contributed by atoms with Gasteiger partial charge >= 0.3 is 11.2 Å². The first kappa shape index (κ1) is 21.4. The lowest BCUT2D eigenvalue weighted by Gasteiger charge is -2.09. The molecule has 13 heteroatoms. The summed E-state index contributed by atoms with van der Waals surface area (Å²) in [5.41, 5.74) is -5.45. The van der Waals surface area contributed by atoms with E-state index in [2.05, 4.69) is 10.1 Å². The largest absolute Gasteiger partial charge is 0.501 e. The summed E-state index contributed by atoms with van der Waals surface area (Å²) in [7, 11) is -5.52. The molecule has 0 radical (unpaired) electrons. The van der Waals surface area contributed by atoms with Gasteiger partial charge in [0.1, 0.15) is 0 Å². The maximum Gasteiger partial charge on any atom is 0.501 e. The highest BCUT2D eigenvalue weighted by Gasteiger charge is 2.46. The van der Waals surface area contributed by atoms with Crippen LogP contribution in [0.4, 0.5) is 13.2 Å². The number of hydrogen-bond donors (Lipinski definition) is 1. The van der Waals surface area contributed by atoms with Gasteiger partial charge in [0.25, 0.3) is 9.84 Å². The number of benzene rings is 1. The normalized spacial score (nSPS) is 12.2. The van der Waals surface area contributed by atoms with Crippen LogP contribution in [0.1, 0.15) is 5.56 Å². The molecule has 0 amide bonds. The summed E-state index contributed by atoms with van der Waals surface area (Å²) in [4.78, 5) is 16.0. The van der Waals surface area contributed by atoms with Crippen LogP contribution in [0.5, 0.6) is 5.88 Å². The fourth-order valence-corrected chi connectivity index (χ4v) is 3.79. The number of sulfone groups is 1. The van der Waals surface area contributed by atoms with Gasteiger partial charge in [0.15, 0.2) is 5.82 Å². The van der Waals surface area contributed by atoms with Crippen molar-refractivity contribution in [3.8, 4) is 17.4 Å². The molecule has 0 aliphatic heterocycles. The van der Waals surface area contributed by atoms with Crippen LogP contribution in [-0.2, 0) is 16.4 Å². The number of imidazole rings is 1. The topological polar surface area (TPSA) is 112 Å². The molecule has 0 unspecified atom stereocenters. The highest BCUT2D eigenvalue weighted by atomic mass is 32.2. The maximum absolute atomic E-state index is 12.8. The average Bonchev–Trinajstić information content (AvgIpc) is 3.36. The summed E-state index contributed by atoms with van der Waals surface area (Å²) in [6, 6.07) is 8.55. The number of hydrogen-bond acceptors (Lipinski definition) is 6. The summed E-state index contributed by atoms with van der Waals surface area (Å²) in [5.74, 6) is 0.0495. The Morgan fingerprint density at radius 3 is 2.41 bits per heavy atom. The molecule has 4 rings (SSSR count). The molecule has 1 aromatic carbocycles. The third-order valence-electron chi connectivity index (χ3n) is 4.55. The second-order valence-corrected chi connectivity index (χ2v) is 8.59. The number of aromatic nitrogens is 5. The maximum atomic E-state index is 12.8. The first-order valence-electron chi connectivity index (χ1n) is 8.96. The smallest absolute Gasteiger partial charge is 0.493 e. The Kier molecular flexibility index (Phi) is 5.12. The highest BCUT2D eigenvalue weighted by Crippen LogP contribution is 2.30. The lowest BCUT2D eigenvalue weighted by atomic mass is 10.2. The molecule has 0 fully saturated rings. The number of alkyl halides is 3. The van der Waals surface area contributed by atoms with Crippen LogP contribution in [0.2, 0.25) is 0 Å². The number of rotatable bonds is 5. The Hall–Kier alpha value is -3.87. The molecule has 4 aromatic rings. The van der Waals surface area contributed by atoms with Gasteiger partial charge in [-0.2, -0.15) is 18.3 Å². The van der Waals surface area contributed by atoms with Crippen molar-refractivity contribution in [2.45, 2.75) is 16.9 Å². The van der Waals surface area contributed by atoms with Crippen molar-refractivity contribution in [3.63, 3.8) is 0 Å². The zero-order valence-electron chi connectivity index (χ0n) is 16.0. The number of nitrogens with zero attached hydrogens (tertiary/aromatic N) is 5. The minimum Gasteiger partial charge on any atom is -0.493 e. The molecule has 0 aliphatic rings. The average molecular weight is 465 g/mol. The van der Waals surface area contributed by atoms with Crippen molar-refractivity contribution >= 4 is 9.84 Å². The Balaban J connectivity index is 1.65. The predicted molar refractivity (Wildman–Crippen MR) is 105 cm³/mol. The fraction of sp³-hybridized carbons (Fsp3) is 0.105. The van der Waals surface area contributed by atoms with Crippen molar-refractivity contribution in [3.05, 3.63) is 83.3 Å². The molecule has 32 heavy (non-hydrogen) atoms. The molecule has 9 nitrogen and oxygen atoms in total. The Morgan fingerprint density at radius 1 is 1.06 bits per heavy atom. The number of aromatic hydroxyl groups is 1. The Labute approximate surface area is 178 Å². The summed E-state index contributed by atoms with van der Waals surface area (Å²) in [6.45, 7) is 0.0662. The van der Waals surface area contributed by atoms with Crippen LogP contribution < -0.4 is 5.69 Å². The van der Waals surface area contributed by atoms with Crippen molar-refractivity contribution in [1.82, 2.24) is 23.9 Å². The van der Waals surface area contributed by atoms with E-state index in [-0.39, 0.29) is 12.2 Å². The molecule has 166 valence electrons. The lowest BCUT2D eigenvalue weighted by molar-refractivity contribution is -0.0436. The molecular weight excluding hydrogens is 451 g/mol. The molecular formula is C19H14F3N5O4S. The molecule has 0 bridgehead atoms. The minimum atomic E-state index is -5.52. The first-order chi connectivity index (χ1) is 15.1. The van der Waals surface area contributed by atoms with E-state index < -0.39 is 31.8 Å². The van der Waals surface area contributed by atoms with E-state index in [0.717, 1.165) is 35.0 Å². The second kappa shape index (κ2) is 7.67. The number of pyridine rings is 1. The molecule has 1 N–H and O–H groups in total. The van der Waals surface area contributed by atoms with Gasteiger partial charge < -0.3 is 5.11 Å². The van der Waals surface area contributed by atoms with Crippen LogP contribution in [0.15, 0.2) is 76.9 Å². The third kappa shape index (κ3) is 3.77. The van der Waals surface area contributed by atoms with Crippen LogP contribution in [0, 0.1) is 0 Å². The van der Waals surface area contributed by atoms with Crippen molar-refractivity contribution < 1.29 is 26.7 Å². The summed E-state index contributed by atoms with van der Waals surface area (Å²) >= 11 is 0. The van der Waals surface area contributed by atoms with Crippen molar-refractivity contribution in [2.75, 3.05) is 0 Å². The number of halogens is 3. The molecule has 0 aliphatic carbocycles. The molecule has 0 saturated heterocycles. The van der Waals surface area contributed by atoms with Crippen LogP contribution >= 0.6 is 0 Å². The summed E-state index contributed by atoms with van der Waals surface area (Å²) < 4.78 is 64.7. The van der Waals surface area contributed by atoms with Gasteiger partial charge in [-0.15, -0.1) is 0 Å². The molecule has 3 heterocycles. The zero-order chi connectivity index (χ0) is 23.1. The van der Waals surface area contributed by atoms with E-state index in [1.807, 2.05) is 0 Å².